The highest BCUT2D eigenvalue weighted by Crippen LogP contribution is 2.33. The summed E-state index contributed by atoms with van der Waals surface area (Å²) < 4.78 is 64.7. The van der Waals surface area contributed by atoms with Gasteiger partial charge in [0.1, 0.15) is 23.0 Å². The van der Waals surface area contributed by atoms with Gasteiger partial charge in [0.15, 0.2) is 0 Å². The normalized spacial score (nSPS) is 12.5. The lowest BCUT2D eigenvalue weighted by atomic mass is 10.2. The predicted molar refractivity (Wildman–Crippen MR) is 126 cm³/mol. The Morgan fingerprint density at radius 3 is 2.03 bits per heavy atom. The van der Waals surface area contributed by atoms with Crippen molar-refractivity contribution in [1.82, 2.24) is 0 Å². The molecule has 35 heavy (non-hydrogen) atoms. The van der Waals surface area contributed by atoms with E-state index in [1.807, 2.05) is 6.92 Å². The summed E-state index contributed by atoms with van der Waals surface area (Å²) in [4.78, 5) is 4.10. The van der Waals surface area contributed by atoms with Crippen LogP contribution in [0.1, 0.15) is 5.56 Å². The fourth-order valence-corrected chi connectivity index (χ4v) is 3.82. The molecule has 0 bridgehead atoms. The van der Waals surface area contributed by atoms with Gasteiger partial charge >= 0.3 is 0 Å². The molecule has 13 nitrogen and oxygen atoms in total. The molecule has 3 aromatic carbocycles. The summed E-state index contributed by atoms with van der Waals surface area (Å²) in [6.45, 7) is 1.75. The van der Waals surface area contributed by atoms with Gasteiger partial charge in [0.05, 0.1) is 22.0 Å². The Kier molecular flexibility index (Phi) is 8.00. The fourth-order valence-electron chi connectivity index (χ4n) is 2.70. The molecule has 3 rings (SSSR count). The molecule has 0 saturated carbocycles. The van der Waals surface area contributed by atoms with E-state index in [0.29, 0.717) is 11.4 Å². The molecule has 5 N–H and O–H groups in total. The molecule has 0 aliphatic carbocycles. The van der Waals surface area contributed by atoms with Crippen LogP contribution in [-0.4, -0.2) is 32.7 Å². The molecule has 0 atom stereocenters. The standard InChI is InChI=1S/C20H20N6O7S2/c1-13-2-8-17(19(10-13)26-33-12-21)24-25-18-9-5-15(11-20(18)35(30,31)32)23-22-14-3-6-16(7-4-14)34(27,28)29/h2-11,26H,12,21H2,1H3,(H,27,28,29)(H,30,31,32). The smallest absolute Gasteiger partial charge is 0.296 e. The van der Waals surface area contributed by atoms with Crippen molar-refractivity contribution in [3.8, 4) is 0 Å². The number of nitrogens with zero attached hydrogens (tertiary/aromatic N) is 4. The minimum atomic E-state index is -4.70. The van der Waals surface area contributed by atoms with Crippen LogP contribution in [0, 0.1) is 6.92 Å². The number of rotatable bonds is 9. The van der Waals surface area contributed by atoms with E-state index in [1.54, 1.807) is 18.2 Å². The second-order valence-corrected chi connectivity index (χ2v) is 9.74. The van der Waals surface area contributed by atoms with Crippen molar-refractivity contribution in [3.05, 3.63) is 66.2 Å². The highest BCUT2D eigenvalue weighted by atomic mass is 32.2. The lowest BCUT2D eigenvalue weighted by molar-refractivity contribution is 0.202. The van der Waals surface area contributed by atoms with Crippen molar-refractivity contribution in [1.29, 1.82) is 0 Å². The Morgan fingerprint density at radius 2 is 1.40 bits per heavy atom. The molecule has 0 radical (unpaired) electrons. The second-order valence-electron chi connectivity index (χ2n) is 6.93. The Labute approximate surface area is 200 Å². The van der Waals surface area contributed by atoms with Gasteiger partial charge in [-0.05, 0) is 67.1 Å². The van der Waals surface area contributed by atoms with Gasteiger partial charge in [-0.2, -0.15) is 27.1 Å². The zero-order chi connectivity index (χ0) is 25.6. The van der Waals surface area contributed by atoms with Gasteiger partial charge in [-0.3, -0.25) is 19.4 Å². The lowest BCUT2D eigenvalue weighted by Crippen LogP contribution is -2.10. The summed E-state index contributed by atoms with van der Waals surface area (Å²) in [5, 5.41) is 15.7. The maximum atomic E-state index is 11.9. The number of nitrogens with two attached hydrogens (primary N) is 1. The average Bonchev–Trinajstić information content (AvgIpc) is 2.80. The highest BCUT2D eigenvalue weighted by molar-refractivity contribution is 7.86. The van der Waals surface area contributed by atoms with Crippen LogP contribution in [0.5, 0.6) is 0 Å². The number of hydrogen-bond donors (Lipinski definition) is 4. The molecule has 0 amide bonds. The van der Waals surface area contributed by atoms with Gasteiger partial charge in [0.25, 0.3) is 20.2 Å². The van der Waals surface area contributed by atoms with E-state index in [1.165, 1.54) is 24.3 Å². The van der Waals surface area contributed by atoms with E-state index in [-0.39, 0.29) is 28.7 Å². The van der Waals surface area contributed by atoms with Gasteiger partial charge in [0.2, 0.25) is 0 Å². The predicted octanol–water partition coefficient (Wildman–Crippen LogP) is 4.58. The Morgan fingerprint density at radius 1 is 0.800 bits per heavy atom. The number of aryl methyl sites for hydroxylation is 1. The van der Waals surface area contributed by atoms with Gasteiger partial charge < -0.3 is 5.73 Å². The molecule has 15 heteroatoms. The highest BCUT2D eigenvalue weighted by Gasteiger charge is 2.17. The molecule has 184 valence electrons. The molecule has 0 fully saturated rings. The van der Waals surface area contributed by atoms with Gasteiger partial charge in [-0.25, -0.2) is 0 Å². The molecule has 0 saturated heterocycles. The third-order valence-corrected chi connectivity index (χ3v) is 6.07. The largest absolute Gasteiger partial charge is 0.307 e. The van der Waals surface area contributed by atoms with Crippen molar-refractivity contribution >= 4 is 48.7 Å². The van der Waals surface area contributed by atoms with Gasteiger partial charge in [0, 0.05) is 0 Å². The summed E-state index contributed by atoms with van der Waals surface area (Å²) >= 11 is 0. The third kappa shape index (κ3) is 7.19. The van der Waals surface area contributed by atoms with Crippen LogP contribution in [0.4, 0.5) is 28.4 Å². The molecule has 3 aromatic rings. The van der Waals surface area contributed by atoms with Crippen LogP contribution in [0.2, 0.25) is 0 Å². The van der Waals surface area contributed by atoms with Crippen LogP contribution < -0.4 is 11.2 Å². The molecular weight excluding hydrogens is 500 g/mol. The Balaban J connectivity index is 1.91. The number of anilines is 1. The van der Waals surface area contributed by atoms with Crippen molar-refractivity contribution in [2.24, 2.45) is 26.2 Å². The number of azo groups is 2. The van der Waals surface area contributed by atoms with Crippen LogP contribution >= 0.6 is 0 Å². The van der Waals surface area contributed by atoms with Crippen molar-refractivity contribution in [3.63, 3.8) is 0 Å². The summed E-state index contributed by atoms with van der Waals surface area (Å²) in [5.74, 6) is 0. The fraction of sp³-hybridized carbons (Fsp3) is 0.100. The van der Waals surface area contributed by atoms with E-state index < -0.39 is 25.1 Å². The number of hydrogen-bond acceptors (Lipinski definition) is 11. The Hall–Kier alpha value is -3.60. The molecule has 0 aliphatic heterocycles. The van der Waals surface area contributed by atoms with Crippen LogP contribution in [0.15, 0.2) is 90.9 Å². The van der Waals surface area contributed by atoms with E-state index in [2.05, 4.69) is 25.9 Å². The van der Waals surface area contributed by atoms with Crippen molar-refractivity contribution in [2.75, 3.05) is 12.2 Å². The zero-order valence-corrected chi connectivity index (χ0v) is 19.7. The average molecular weight is 521 g/mol. The number of nitrogens with one attached hydrogen (secondary N) is 1. The summed E-state index contributed by atoms with van der Waals surface area (Å²) in [5.41, 5.74) is 9.72. The number of benzene rings is 3. The van der Waals surface area contributed by atoms with Crippen LogP contribution in [0.3, 0.4) is 0 Å². The third-order valence-electron chi connectivity index (χ3n) is 4.32. The van der Waals surface area contributed by atoms with E-state index in [0.717, 1.165) is 23.8 Å². The molecule has 0 aliphatic rings. The second kappa shape index (κ2) is 10.8. The summed E-state index contributed by atoms with van der Waals surface area (Å²) in [6, 6.07) is 13.7. The van der Waals surface area contributed by atoms with Gasteiger partial charge in [-0.15, -0.1) is 10.2 Å². The van der Waals surface area contributed by atoms with Gasteiger partial charge in [-0.1, -0.05) is 6.07 Å². The Bertz CT molecular complexity index is 1490. The quantitative estimate of drug-likeness (QED) is 0.135. The van der Waals surface area contributed by atoms with E-state index >= 15 is 0 Å². The summed E-state index contributed by atoms with van der Waals surface area (Å²) in [6.07, 6.45) is 0. The first-order valence-corrected chi connectivity index (χ1v) is 12.6. The zero-order valence-electron chi connectivity index (χ0n) is 18.1. The maximum Gasteiger partial charge on any atom is 0.296 e. The minimum Gasteiger partial charge on any atom is -0.307 e. The first-order chi connectivity index (χ1) is 16.5. The molecule has 0 aromatic heterocycles. The molecule has 0 heterocycles. The molecule has 0 spiro atoms. The van der Waals surface area contributed by atoms with Crippen molar-refractivity contribution in [2.45, 2.75) is 16.7 Å². The maximum absolute atomic E-state index is 11.9. The van der Waals surface area contributed by atoms with Crippen LogP contribution in [0.25, 0.3) is 0 Å². The van der Waals surface area contributed by atoms with Crippen LogP contribution in [-0.2, 0) is 25.1 Å². The molecule has 0 unspecified atom stereocenters. The SMILES string of the molecule is Cc1ccc(N=Nc2ccc(N=Nc3ccc(S(=O)(=O)O)cc3)cc2S(=O)(=O)O)c(NOCN)c1. The first-order valence-electron chi connectivity index (χ1n) is 9.68. The van der Waals surface area contributed by atoms with E-state index in [9.17, 15) is 21.4 Å². The van der Waals surface area contributed by atoms with Crippen molar-refractivity contribution < 1.29 is 30.8 Å². The molecular formula is C20H20N6O7S2. The first kappa shape index (κ1) is 26.0. The monoisotopic (exact) mass is 520 g/mol. The lowest BCUT2D eigenvalue weighted by Gasteiger charge is -2.08. The van der Waals surface area contributed by atoms with E-state index in [4.69, 9.17) is 15.1 Å². The summed E-state index contributed by atoms with van der Waals surface area (Å²) in [7, 11) is -9.05. The minimum absolute atomic E-state index is 0.0597. The topological polar surface area (TPSA) is 205 Å².